The molecule has 168 valence electrons. The van der Waals surface area contributed by atoms with E-state index in [4.69, 9.17) is 4.74 Å². The Hall–Kier alpha value is -3.42. The molecule has 2 aromatic carbocycles. The molecule has 3 N–H and O–H groups in total. The van der Waals surface area contributed by atoms with Gasteiger partial charge in [0.2, 0.25) is 11.8 Å². The predicted molar refractivity (Wildman–Crippen MR) is 119 cm³/mol. The average molecular weight is 439 g/mol. The number of fused-ring (bicyclic) bond motifs is 1. The normalized spacial score (nSPS) is 18.0. The topological polar surface area (TPSA) is 96.1 Å². The van der Waals surface area contributed by atoms with Crippen molar-refractivity contribution in [1.82, 2.24) is 20.6 Å². The fourth-order valence-electron chi connectivity index (χ4n) is 4.25. The number of rotatable bonds is 9. The van der Waals surface area contributed by atoms with Crippen molar-refractivity contribution >= 4 is 22.8 Å². The van der Waals surface area contributed by atoms with Crippen LogP contribution in [0.3, 0.4) is 0 Å². The zero-order valence-corrected chi connectivity index (χ0v) is 18.0. The van der Waals surface area contributed by atoms with Gasteiger partial charge in [0.1, 0.15) is 17.4 Å². The number of aromatic nitrogens is 2. The number of amides is 2. The molecular weight excluding hydrogens is 411 g/mol. The molecule has 0 saturated carbocycles. The molecule has 0 radical (unpaired) electrons. The standard InChI is InChI=1S/C24H27FN4O3/c1-32-17-6-7-18(25)16(14-17)15-24(12-9-23(31)29-24)11-8-22(30)26-13-10-21-27-19-4-2-3-5-20(19)28-21/h2-7,14H,8-13,15H2,1H3,(H,26,30)(H,27,28)(H,29,31)/t24-/m1/s1. The summed E-state index contributed by atoms with van der Waals surface area (Å²) in [6.45, 7) is 0.461. The Morgan fingerprint density at radius 1 is 1.28 bits per heavy atom. The summed E-state index contributed by atoms with van der Waals surface area (Å²) in [5.41, 5.74) is 1.70. The van der Waals surface area contributed by atoms with Crippen molar-refractivity contribution in [3.05, 3.63) is 59.7 Å². The van der Waals surface area contributed by atoms with E-state index in [2.05, 4.69) is 20.6 Å². The first-order chi connectivity index (χ1) is 15.5. The second kappa shape index (κ2) is 9.38. The van der Waals surface area contributed by atoms with E-state index in [1.807, 2.05) is 24.3 Å². The first-order valence-electron chi connectivity index (χ1n) is 10.8. The Morgan fingerprint density at radius 2 is 2.12 bits per heavy atom. The number of ether oxygens (including phenoxy) is 1. The van der Waals surface area contributed by atoms with Crippen LogP contribution in [0.25, 0.3) is 11.0 Å². The minimum absolute atomic E-state index is 0.0707. The minimum atomic E-state index is -0.639. The Kier molecular flexibility index (Phi) is 6.39. The summed E-state index contributed by atoms with van der Waals surface area (Å²) in [5.74, 6) is 0.858. The van der Waals surface area contributed by atoms with Gasteiger partial charge in [-0.05, 0) is 55.2 Å². The molecule has 0 bridgehead atoms. The number of halogens is 1. The maximum Gasteiger partial charge on any atom is 0.220 e. The number of hydrogen-bond acceptors (Lipinski definition) is 4. The summed E-state index contributed by atoms with van der Waals surface area (Å²) in [4.78, 5) is 32.2. The highest BCUT2D eigenvalue weighted by Crippen LogP contribution is 2.31. The predicted octanol–water partition coefficient (Wildman–Crippen LogP) is 3.04. The maximum absolute atomic E-state index is 14.4. The molecule has 3 aromatic rings. The molecule has 2 heterocycles. The number of nitrogens with one attached hydrogen (secondary N) is 3. The third kappa shape index (κ3) is 5.07. The molecule has 0 aliphatic carbocycles. The van der Waals surface area contributed by atoms with Crippen molar-refractivity contribution in [1.29, 1.82) is 0 Å². The van der Waals surface area contributed by atoms with E-state index >= 15 is 0 Å². The third-order valence-corrected chi connectivity index (χ3v) is 5.97. The molecule has 1 fully saturated rings. The number of carbonyl (C=O) groups excluding carboxylic acids is 2. The van der Waals surface area contributed by atoms with Gasteiger partial charge in [-0.2, -0.15) is 0 Å². The number of nitrogens with zero attached hydrogens (tertiary/aromatic N) is 1. The molecule has 4 rings (SSSR count). The van der Waals surface area contributed by atoms with E-state index in [1.54, 1.807) is 12.1 Å². The summed E-state index contributed by atoms with van der Waals surface area (Å²) in [6.07, 6.45) is 2.53. The quantitative estimate of drug-likeness (QED) is 0.479. The summed E-state index contributed by atoms with van der Waals surface area (Å²) in [6, 6.07) is 12.4. The molecule has 1 aliphatic heterocycles. The van der Waals surface area contributed by atoms with Gasteiger partial charge in [-0.3, -0.25) is 9.59 Å². The van der Waals surface area contributed by atoms with Gasteiger partial charge in [0, 0.05) is 31.3 Å². The van der Waals surface area contributed by atoms with Gasteiger partial charge < -0.3 is 20.4 Å². The van der Waals surface area contributed by atoms with Crippen LogP contribution in [0.4, 0.5) is 4.39 Å². The number of H-pyrrole nitrogens is 1. The zero-order chi connectivity index (χ0) is 22.6. The van der Waals surface area contributed by atoms with Gasteiger partial charge in [-0.15, -0.1) is 0 Å². The minimum Gasteiger partial charge on any atom is -0.497 e. The van der Waals surface area contributed by atoms with Crippen LogP contribution in [0.15, 0.2) is 42.5 Å². The van der Waals surface area contributed by atoms with Gasteiger partial charge in [-0.25, -0.2) is 9.37 Å². The van der Waals surface area contributed by atoms with Crippen LogP contribution in [0.1, 0.15) is 37.1 Å². The highest BCUT2D eigenvalue weighted by molar-refractivity contribution is 5.80. The van der Waals surface area contributed by atoms with E-state index in [0.29, 0.717) is 50.0 Å². The first kappa shape index (κ1) is 21.8. The van der Waals surface area contributed by atoms with E-state index in [0.717, 1.165) is 16.9 Å². The third-order valence-electron chi connectivity index (χ3n) is 5.97. The van der Waals surface area contributed by atoms with Crippen molar-refractivity contribution < 1.29 is 18.7 Å². The second-order valence-electron chi connectivity index (χ2n) is 8.26. The summed E-state index contributed by atoms with van der Waals surface area (Å²) in [7, 11) is 1.53. The van der Waals surface area contributed by atoms with Crippen LogP contribution in [-0.2, 0) is 22.4 Å². The summed E-state index contributed by atoms with van der Waals surface area (Å²) >= 11 is 0. The van der Waals surface area contributed by atoms with Crippen LogP contribution in [-0.4, -0.2) is 41.0 Å². The van der Waals surface area contributed by atoms with Crippen LogP contribution in [0.5, 0.6) is 5.75 Å². The van der Waals surface area contributed by atoms with Crippen molar-refractivity contribution in [2.75, 3.05) is 13.7 Å². The smallest absolute Gasteiger partial charge is 0.220 e. The largest absolute Gasteiger partial charge is 0.497 e. The lowest BCUT2D eigenvalue weighted by Crippen LogP contribution is -2.44. The number of hydrogen-bond donors (Lipinski definition) is 3. The SMILES string of the molecule is COc1ccc(F)c(C[C@@]2(CCC(=O)NCCc3nc4ccccc4[nH]3)CCC(=O)N2)c1. The van der Waals surface area contributed by atoms with Crippen LogP contribution >= 0.6 is 0 Å². The van der Waals surface area contributed by atoms with Gasteiger partial charge in [-0.1, -0.05) is 12.1 Å². The molecular formula is C24H27FN4O3. The lowest BCUT2D eigenvalue weighted by atomic mass is 9.84. The number of imidazole rings is 1. The molecule has 1 atom stereocenters. The van der Waals surface area contributed by atoms with Crippen molar-refractivity contribution in [2.45, 2.75) is 44.1 Å². The van der Waals surface area contributed by atoms with Crippen LogP contribution in [0.2, 0.25) is 0 Å². The summed E-state index contributed by atoms with van der Waals surface area (Å²) < 4.78 is 19.6. The van der Waals surface area contributed by atoms with Gasteiger partial charge in [0.25, 0.3) is 0 Å². The molecule has 1 aromatic heterocycles. The number of benzene rings is 2. The molecule has 1 saturated heterocycles. The highest BCUT2D eigenvalue weighted by Gasteiger charge is 2.38. The van der Waals surface area contributed by atoms with Crippen LogP contribution in [0, 0.1) is 5.82 Å². The monoisotopic (exact) mass is 438 g/mol. The lowest BCUT2D eigenvalue weighted by Gasteiger charge is -2.29. The van der Waals surface area contributed by atoms with Gasteiger partial charge in [0.15, 0.2) is 0 Å². The molecule has 7 nitrogen and oxygen atoms in total. The van der Waals surface area contributed by atoms with E-state index < -0.39 is 5.54 Å². The van der Waals surface area contributed by atoms with Crippen molar-refractivity contribution in [3.8, 4) is 5.75 Å². The fraction of sp³-hybridized carbons (Fsp3) is 0.375. The van der Waals surface area contributed by atoms with E-state index in [-0.39, 0.29) is 24.1 Å². The molecule has 8 heteroatoms. The molecule has 1 aliphatic rings. The first-order valence-corrected chi connectivity index (χ1v) is 10.8. The van der Waals surface area contributed by atoms with E-state index in [1.165, 1.54) is 13.2 Å². The highest BCUT2D eigenvalue weighted by atomic mass is 19.1. The Labute approximate surface area is 185 Å². The van der Waals surface area contributed by atoms with Gasteiger partial charge >= 0.3 is 0 Å². The Balaban J connectivity index is 1.33. The van der Waals surface area contributed by atoms with E-state index in [9.17, 15) is 14.0 Å². The fourth-order valence-corrected chi connectivity index (χ4v) is 4.25. The van der Waals surface area contributed by atoms with Crippen molar-refractivity contribution in [2.24, 2.45) is 0 Å². The number of carbonyl (C=O) groups is 2. The molecule has 0 spiro atoms. The Morgan fingerprint density at radius 3 is 2.88 bits per heavy atom. The number of methoxy groups -OCH3 is 1. The summed E-state index contributed by atoms with van der Waals surface area (Å²) in [5, 5.41) is 5.91. The second-order valence-corrected chi connectivity index (χ2v) is 8.26. The Bertz CT molecular complexity index is 1100. The maximum atomic E-state index is 14.4. The average Bonchev–Trinajstić information content (AvgIpc) is 3.37. The molecule has 2 amide bonds. The number of para-hydroxylation sites is 2. The molecule has 0 unspecified atom stereocenters. The van der Waals surface area contributed by atoms with Gasteiger partial charge in [0.05, 0.1) is 18.1 Å². The van der Waals surface area contributed by atoms with Crippen LogP contribution < -0.4 is 15.4 Å². The zero-order valence-electron chi connectivity index (χ0n) is 18.0. The number of aromatic amines is 1. The lowest BCUT2D eigenvalue weighted by molar-refractivity contribution is -0.122. The molecule has 32 heavy (non-hydrogen) atoms. The van der Waals surface area contributed by atoms with Crippen molar-refractivity contribution in [3.63, 3.8) is 0 Å².